The van der Waals surface area contributed by atoms with Crippen molar-refractivity contribution in [1.82, 2.24) is 0 Å². The molecule has 1 fully saturated rings. The fraction of sp³-hybridized carbons (Fsp3) is 0.571. The molecule has 7 heteroatoms. The van der Waals surface area contributed by atoms with E-state index >= 15 is 0 Å². The molecule has 2 rings (SSSR count). The van der Waals surface area contributed by atoms with Gasteiger partial charge in [-0.15, -0.1) is 0 Å². The van der Waals surface area contributed by atoms with Crippen molar-refractivity contribution in [2.45, 2.75) is 48.9 Å². The van der Waals surface area contributed by atoms with Crippen LogP contribution in [-0.4, -0.2) is 32.8 Å². The summed E-state index contributed by atoms with van der Waals surface area (Å²) < 4.78 is 49.5. The smallest absolute Gasteiger partial charge is 0.341 e. The quantitative estimate of drug-likeness (QED) is 0.926. The second kappa shape index (κ2) is 6.27. The van der Waals surface area contributed by atoms with Crippen LogP contribution in [-0.2, 0) is 9.84 Å². The van der Waals surface area contributed by atoms with Gasteiger partial charge >= 0.3 is 5.76 Å². The third-order valence-corrected chi connectivity index (χ3v) is 5.30. The van der Waals surface area contributed by atoms with Gasteiger partial charge in [0.25, 0.3) is 0 Å². The molecule has 21 heavy (non-hydrogen) atoms. The maximum absolute atomic E-state index is 12.9. The summed E-state index contributed by atoms with van der Waals surface area (Å²) in [6.45, 7) is 2.48. The van der Waals surface area contributed by atoms with Crippen molar-refractivity contribution < 1.29 is 17.2 Å². The Morgan fingerprint density at radius 3 is 2.57 bits per heavy atom. The zero-order chi connectivity index (χ0) is 15.6. The topological polar surface area (TPSA) is 63.4 Å². The van der Waals surface area contributed by atoms with E-state index < -0.39 is 15.6 Å². The molecule has 2 atom stereocenters. The third kappa shape index (κ3) is 3.18. The number of piperidine rings is 1. The summed E-state index contributed by atoms with van der Waals surface area (Å²) in [5.41, 5.74) is 6.31. The first-order valence-corrected chi connectivity index (χ1v) is 8.53. The summed E-state index contributed by atoms with van der Waals surface area (Å²) in [5.74, 6) is -3.42. The third-order valence-electron chi connectivity index (χ3n) is 3.87. The molecule has 0 spiro atoms. The number of hydrogen-bond donors (Lipinski definition) is 1. The largest absolute Gasteiger partial charge is 0.366 e. The molecule has 1 saturated heterocycles. The van der Waals surface area contributed by atoms with Crippen LogP contribution in [0.25, 0.3) is 0 Å². The van der Waals surface area contributed by atoms with Gasteiger partial charge in [-0.3, -0.25) is 0 Å². The van der Waals surface area contributed by atoms with Gasteiger partial charge in [-0.1, -0.05) is 12.1 Å². The fourth-order valence-electron chi connectivity index (χ4n) is 2.83. The summed E-state index contributed by atoms with van der Waals surface area (Å²) in [5, 5.41) is 0. The van der Waals surface area contributed by atoms with Gasteiger partial charge in [0.1, 0.15) is 0 Å². The van der Waals surface area contributed by atoms with Crippen molar-refractivity contribution in [3.05, 3.63) is 24.3 Å². The standard InChI is InChI=1S/C14H20F2N2O2S/c1-10(17)11-6-4-5-9-18(11)12-7-2-3-8-13(12)21(19,20)14(15)16/h2-3,7-8,10-11,14H,4-6,9,17H2,1H3. The van der Waals surface area contributed by atoms with E-state index in [0.717, 1.165) is 19.3 Å². The number of hydrogen-bond acceptors (Lipinski definition) is 4. The molecule has 1 heterocycles. The molecule has 118 valence electrons. The number of anilines is 1. The first kappa shape index (κ1) is 16.2. The Balaban J connectivity index is 2.49. The van der Waals surface area contributed by atoms with E-state index in [1.807, 2.05) is 11.8 Å². The molecule has 1 aromatic carbocycles. The highest BCUT2D eigenvalue weighted by molar-refractivity contribution is 7.91. The van der Waals surface area contributed by atoms with Crippen LogP contribution in [0.2, 0.25) is 0 Å². The molecular weight excluding hydrogens is 298 g/mol. The van der Waals surface area contributed by atoms with Crippen molar-refractivity contribution in [1.29, 1.82) is 0 Å². The molecule has 0 saturated carbocycles. The zero-order valence-electron chi connectivity index (χ0n) is 11.9. The summed E-state index contributed by atoms with van der Waals surface area (Å²) in [4.78, 5) is 1.55. The second-order valence-electron chi connectivity index (χ2n) is 5.39. The van der Waals surface area contributed by atoms with Gasteiger partial charge in [0.2, 0.25) is 9.84 Å². The van der Waals surface area contributed by atoms with Crippen LogP contribution in [0.3, 0.4) is 0 Å². The van der Waals surface area contributed by atoms with Crippen LogP contribution in [0.1, 0.15) is 26.2 Å². The van der Waals surface area contributed by atoms with Crippen LogP contribution in [0, 0.1) is 0 Å². The normalized spacial score (nSPS) is 21.6. The first-order chi connectivity index (χ1) is 9.85. The van der Waals surface area contributed by atoms with Gasteiger partial charge in [-0.05, 0) is 38.3 Å². The number of nitrogens with two attached hydrogens (primary N) is 1. The van der Waals surface area contributed by atoms with Crippen molar-refractivity contribution in [3.8, 4) is 0 Å². The number of rotatable bonds is 4. The maximum atomic E-state index is 12.9. The summed E-state index contributed by atoms with van der Waals surface area (Å²) in [6, 6.07) is 5.75. The number of alkyl halides is 2. The van der Waals surface area contributed by atoms with Crippen molar-refractivity contribution in [3.63, 3.8) is 0 Å². The average molecular weight is 318 g/mol. The van der Waals surface area contributed by atoms with Crippen molar-refractivity contribution in [2.24, 2.45) is 5.73 Å². The molecule has 0 aromatic heterocycles. The minimum atomic E-state index is -4.62. The lowest BCUT2D eigenvalue weighted by molar-refractivity contribution is 0.234. The lowest BCUT2D eigenvalue weighted by Crippen LogP contribution is -2.49. The van der Waals surface area contributed by atoms with E-state index in [9.17, 15) is 17.2 Å². The van der Waals surface area contributed by atoms with E-state index in [1.54, 1.807) is 12.1 Å². The molecular formula is C14H20F2N2O2S. The van der Waals surface area contributed by atoms with Crippen LogP contribution in [0.15, 0.2) is 29.2 Å². The highest BCUT2D eigenvalue weighted by atomic mass is 32.2. The van der Waals surface area contributed by atoms with Crippen molar-refractivity contribution >= 4 is 15.5 Å². The van der Waals surface area contributed by atoms with Gasteiger partial charge in [0, 0.05) is 18.6 Å². The van der Waals surface area contributed by atoms with Crippen LogP contribution < -0.4 is 10.6 Å². The van der Waals surface area contributed by atoms with Gasteiger partial charge in [0.15, 0.2) is 0 Å². The summed E-state index contributed by atoms with van der Waals surface area (Å²) in [6.07, 6.45) is 2.74. The van der Waals surface area contributed by atoms with Crippen LogP contribution >= 0.6 is 0 Å². The van der Waals surface area contributed by atoms with Gasteiger partial charge < -0.3 is 10.6 Å². The van der Waals surface area contributed by atoms with E-state index in [1.165, 1.54) is 12.1 Å². The molecule has 2 unspecified atom stereocenters. The summed E-state index contributed by atoms with van der Waals surface area (Å²) >= 11 is 0. The minimum absolute atomic E-state index is 0.0345. The lowest BCUT2D eigenvalue weighted by atomic mass is 9.96. The number of benzene rings is 1. The summed E-state index contributed by atoms with van der Waals surface area (Å²) in [7, 11) is -4.62. The molecule has 4 nitrogen and oxygen atoms in total. The molecule has 1 aliphatic rings. The number of sulfone groups is 1. The van der Waals surface area contributed by atoms with Gasteiger partial charge in [-0.25, -0.2) is 8.42 Å². The van der Waals surface area contributed by atoms with E-state index in [4.69, 9.17) is 5.73 Å². The van der Waals surface area contributed by atoms with Crippen LogP contribution in [0.5, 0.6) is 0 Å². The highest BCUT2D eigenvalue weighted by Crippen LogP contribution is 2.33. The lowest BCUT2D eigenvalue weighted by Gasteiger charge is -2.40. The van der Waals surface area contributed by atoms with Crippen LogP contribution in [0.4, 0.5) is 14.5 Å². The second-order valence-corrected chi connectivity index (χ2v) is 7.28. The Bertz CT molecular complexity index is 590. The van der Waals surface area contributed by atoms with Gasteiger partial charge in [0.05, 0.1) is 10.6 Å². The molecule has 0 bridgehead atoms. The number of nitrogens with zero attached hydrogens (tertiary/aromatic N) is 1. The SMILES string of the molecule is CC(N)C1CCCCN1c1ccccc1S(=O)(=O)C(F)F. The predicted molar refractivity (Wildman–Crippen MR) is 78.3 cm³/mol. The first-order valence-electron chi connectivity index (χ1n) is 6.99. The minimum Gasteiger partial charge on any atom is -0.366 e. The Hall–Kier alpha value is -1.21. The molecule has 0 radical (unpaired) electrons. The van der Waals surface area contributed by atoms with Gasteiger partial charge in [-0.2, -0.15) is 8.78 Å². The monoisotopic (exact) mass is 318 g/mol. The number of halogens is 2. The molecule has 1 aliphatic heterocycles. The predicted octanol–water partition coefficient (Wildman–Crippen LogP) is 2.39. The molecule has 1 aromatic rings. The fourth-order valence-corrected chi connectivity index (χ4v) is 3.77. The highest BCUT2D eigenvalue weighted by Gasteiger charge is 2.33. The molecule has 0 aliphatic carbocycles. The average Bonchev–Trinajstić information content (AvgIpc) is 2.47. The van der Waals surface area contributed by atoms with E-state index in [-0.39, 0.29) is 17.0 Å². The van der Waals surface area contributed by atoms with E-state index in [0.29, 0.717) is 12.2 Å². The Morgan fingerprint density at radius 2 is 1.95 bits per heavy atom. The van der Waals surface area contributed by atoms with Crippen molar-refractivity contribution in [2.75, 3.05) is 11.4 Å². The maximum Gasteiger partial charge on any atom is 0.341 e. The molecule has 2 N–H and O–H groups in total. The number of para-hydroxylation sites is 1. The Morgan fingerprint density at radius 1 is 1.29 bits per heavy atom. The van der Waals surface area contributed by atoms with E-state index in [2.05, 4.69) is 0 Å². The Labute approximate surface area is 123 Å². The Kier molecular flexibility index (Phi) is 4.83. The molecule has 0 amide bonds. The zero-order valence-corrected chi connectivity index (χ0v) is 12.7.